The molecule has 0 fully saturated rings. The van der Waals surface area contributed by atoms with Crippen LogP contribution in [0.5, 0.6) is 0 Å². The van der Waals surface area contributed by atoms with Gasteiger partial charge in [0.1, 0.15) is 4.90 Å². The maximum Gasteiger partial charge on any atom is 0.294 e. The van der Waals surface area contributed by atoms with E-state index in [1.807, 2.05) is 0 Å². The van der Waals surface area contributed by atoms with Crippen molar-refractivity contribution in [2.45, 2.75) is 14.7 Å². The van der Waals surface area contributed by atoms with Crippen molar-refractivity contribution < 1.29 is 13.2 Å². The highest BCUT2D eigenvalue weighted by atomic mass is 32.2. The highest BCUT2D eigenvalue weighted by Crippen LogP contribution is 2.33. The van der Waals surface area contributed by atoms with E-state index >= 15 is 0 Å². The summed E-state index contributed by atoms with van der Waals surface area (Å²) in [5.74, 6) is 0. The number of sulfonamides is 1. The van der Waals surface area contributed by atoms with Gasteiger partial charge in [-0.1, -0.05) is 10.5 Å². The van der Waals surface area contributed by atoms with Crippen LogP contribution in [0.1, 0.15) is 0 Å². The summed E-state index contributed by atoms with van der Waals surface area (Å²) in [4.78, 5) is 11.3. The van der Waals surface area contributed by atoms with E-state index in [1.165, 1.54) is 23.5 Å². The van der Waals surface area contributed by atoms with E-state index in [4.69, 9.17) is 0 Å². The van der Waals surface area contributed by atoms with Gasteiger partial charge in [-0.2, -0.15) is 8.42 Å². The Labute approximate surface area is 103 Å². The molecule has 0 unspecified atom stereocenters. The van der Waals surface area contributed by atoms with Crippen molar-refractivity contribution in [1.82, 2.24) is 0 Å². The van der Waals surface area contributed by atoms with Gasteiger partial charge in [0.15, 0.2) is 0 Å². The highest BCUT2D eigenvalue weighted by molar-refractivity contribution is 8.01. The summed E-state index contributed by atoms with van der Waals surface area (Å²) in [6.45, 7) is 0. The molecule has 1 rings (SSSR count). The number of hydrogen-bond acceptors (Lipinski definition) is 5. The first-order valence-electron chi connectivity index (χ1n) is 4.12. The molecule has 0 saturated carbocycles. The van der Waals surface area contributed by atoms with Gasteiger partial charge >= 0.3 is 0 Å². The van der Waals surface area contributed by atoms with Crippen molar-refractivity contribution in [3.8, 4) is 0 Å². The van der Waals surface area contributed by atoms with Gasteiger partial charge in [-0.3, -0.25) is 0 Å². The lowest BCUT2D eigenvalue weighted by Crippen LogP contribution is -2.00. The molecule has 1 aromatic rings. The normalized spacial score (nSPS) is 10.9. The Balaban J connectivity index is 3.58. The van der Waals surface area contributed by atoms with Crippen LogP contribution in [0, 0.1) is 0 Å². The van der Waals surface area contributed by atoms with Gasteiger partial charge in [0, 0.05) is 9.79 Å². The first kappa shape index (κ1) is 13.3. The zero-order chi connectivity index (χ0) is 12.2. The number of benzene rings is 1. The van der Waals surface area contributed by atoms with Crippen LogP contribution >= 0.6 is 23.5 Å². The maximum absolute atomic E-state index is 11.7. The number of carbonyl (C=O) groups excluding carboxylic acids is 1. The van der Waals surface area contributed by atoms with E-state index in [0.29, 0.717) is 9.79 Å². The second-order valence-electron chi connectivity index (χ2n) is 2.65. The molecule has 0 heterocycles. The Morgan fingerprint density at radius 1 is 1.19 bits per heavy atom. The van der Waals surface area contributed by atoms with Gasteiger partial charge in [-0.05, 0) is 24.6 Å². The molecule has 0 aliphatic rings. The molecule has 0 saturated heterocycles. The Bertz CT molecular complexity index is 511. The summed E-state index contributed by atoms with van der Waals surface area (Å²) in [7, 11) is -3.94. The molecule has 0 aliphatic heterocycles. The lowest BCUT2D eigenvalue weighted by Gasteiger charge is -2.08. The average molecular weight is 275 g/mol. The Kier molecular flexibility index (Phi) is 4.61. The molecular weight excluding hydrogens is 266 g/mol. The molecular formula is C9H9NO3S3. The largest absolute Gasteiger partial charge is 0.294 e. The van der Waals surface area contributed by atoms with E-state index in [1.54, 1.807) is 30.7 Å². The Morgan fingerprint density at radius 2 is 1.69 bits per heavy atom. The minimum Gasteiger partial charge on any atom is -0.210 e. The number of thioether (sulfide) groups is 2. The molecule has 0 spiro atoms. The quantitative estimate of drug-likeness (QED) is 0.478. The number of nitrogens with zero attached hydrogens (tertiary/aromatic N) is 1. The van der Waals surface area contributed by atoms with Gasteiger partial charge in [0.2, 0.25) is 0 Å². The van der Waals surface area contributed by atoms with E-state index < -0.39 is 10.0 Å². The van der Waals surface area contributed by atoms with Crippen LogP contribution in [-0.2, 0) is 14.8 Å². The van der Waals surface area contributed by atoms with Crippen LogP contribution in [0.3, 0.4) is 0 Å². The fourth-order valence-corrected chi connectivity index (χ4v) is 4.22. The van der Waals surface area contributed by atoms with Gasteiger partial charge < -0.3 is 0 Å². The topological polar surface area (TPSA) is 63.6 Å². The Hall–Kier alpha value is -0.750. The van der Waals surface area contributed by atoms with E-state index in [9.17, 15) is 13.2 Å². The highest BCUT2D eigenvalue weighted by Gasteiger charge is 2.21. The summed E-state index contributed by atoms with van der Waals surface area (Å²) < 4.78 is 26.4. The van der Waals surface area contributed by atoms with Crippen molar-refractivity contribution in [2.75, 3.05) is 12.5 Å². The third kappa shape index (κ3) is 2.68. The van der Waals surface area contributed by atoms with Crippen molar-refractivity contribution in [1.29, 1.82) is 0 Å². The third-order valence-corrected chi connectivity index (χ3v) is 4.89. The van der Waals surface area contributed by atoms with Crippen molar-refractivity contribution in [2.24, 2.45) is 4.40 Å². The first-order chi connectivity index (χ1) is 7.56. The Morgan fingerprint density at radius 3 is 2.06 bits per heavy atom. The summed E-state index contributed by atoms with van der Waals surface area (Å²) in [6, 6.07) is 5.12. The molecule has 0 N–H and O–H groups in total. The zero-order valence-corrected chi connectivity index (χ0v) is 11.1. The summed E-state index contributed by atoms with van der Waals surface area (Å²) in [5.41, 5.74) is 0. The number of hydrogen-bond donors (Lipinski definition) is 0. The molecule has 4 nitrogen and oxygen atoms in total. The third-order valence-electron chi connectivity index (χ3n) is 1.80. The standard InChI is InChI=1S/C9H9NO3S3/c1-14-7-4-3-5-8(15-2)9(7)16(12,13)10-6-11/h3-5H,1-2H3. The second kappa shape index (κ2) is 5.54. The first-order valence-corrected chi connectivity index (χ1v) is 8.01. The summed E-state index contributed by atoms with van der Waals surface area (Å²) in [5, 5.41) is 0. The molecule has 0 bridgehead atoms. The molecule has 0 amide bonds. The predicted molar refractivity (Wildman–Crippen MR) is 65.3 cm³/mol. The molecule has 0 aromatic heterocycles. The second-order valence-corrected chi connectivity index (χ2v) is 5.89. The monoisotopic (exact) mass is 275 g/mol. The number of rotatable bonds is 4. The fourth-order valence-electron chi connectivity index (χ4n) is 1.17. The van der Waals surface area contributed by atoms with Gasteiger partial charge in [-0.15, -0.1) is 23.5 Å². The van der Waals surface area contributed by atoms with Crippen LogP contribution in [-0.4, -0.2) is 27.0 Å². The average Bonchev–Trinajstić information content (AvgIpc) is 2.27. The van der Waals surface area contributed by atoms with Crippen molar-refractivity contribution in [3.05, 3.63) is 18.2 Å². The van der Waals surface area contributed by atoms with Gasteiger partial charge in [0.25, 0.3) is 16.1 Å². The predicted octanol–water partition coefficient (Wildman–Crippen LogP) is 2.15. The minimum absolute atomic E-state index is 0.0818. The lowest BCUT2D eigenvalue weighted by atomic mass is 10.4. The van der Waals surface area contributed by atoms with Crippen LogP contribution < -0.4 is 0 Å². The maximum atomic E-state index is 11.7. The van der Waals surface area contributed by atoms with Crippen LogP contribution in [0.2, 0.25) is 0 Å². The van der Waals surface area contributed by atoms with Crippen LogP contribution in [0.25, 0.3) is 0 Å². The molecule has 16 heavy (non-hydrogen) atoms. The number of isocyanates is 1. The molecule has 86 valence electrons. The lowest BCUT2D eigenvalue weighted by molar-refractivity contribution is 0.563. The van der Waals surface area contributed by atoms with Crippen molar-refractivity contribution in [3.63, 3.8) is 0 Å². The van der Waals surface area contributed by atoms with E-state index in [-0.39, 0.29) is 4.90 Å². The summed E-state index contributed by atoms with van der Waals surface area (Å²) >= 11 is 2.59. The molecule has 0 atom stereocenters. The van der Waals surface area contributed by atoms with Gasteiger partial charge in [-0.25, -0.2) is 4.79 Å². The van der Waals surface area contributed by atoms with E-state index in [2.05, 4.69) is 4.40 Å². The zero-order valence-electron chi connectivity index (χ0n) is 8.63. The van der Waals surface area contributed by atoms with Crippen molar-refractivity contribution >= 4 is 39.6 Å². The minimum atomic E-state index is -3.94. The molecule has 0 radical (unpaired) electrons. The van der Waals surface area contributed by atoms with Crippen LogP contribution in [0.4, 0.5) is 0 Å². The van der Waals surface area contributed by atoms with Crippen LogP contribution in [0.15, 0.2) is 37.3 Å². The molecule has 0 aliphatic carbocycles. The smallest absolute Gasteiger partial charge is 0.210 e. The van der Waals surface area contributed by atoms with E-state index in [0.717, 1.165) is 6.08 Å². The SMILES string of the molecule is CSc1cccc(SC)c1S(=O)(=O)N=C=O. The molecule has 1 aromatic carbocycles. The summed E-state index contributed by atoms with van der Waals surface area (Å²) in [6.07, 6.45) is 4.61. The van der Waals surface area contributed by atoms with Gasteiger partial charge in [0.05, 0.1) is 0 Å². The fraction of sp³-hybridized carbons (Fsp3) is 0.222. The molecule has 7 heteroatoms.